The van der Waals surface area contributed by atoms with Gasteiger partial charge in [0, 0.05) is 0 Å². The highest BCUT2D eigenvalue weighted by atomic mass is 35.5. The summed E-state index contributed by atoms with van der Waals surface area (Å²) in [6.07, 6.45) is 0.883. The van der Waals surface area contributed by atoms with E-state index >= 15 is 0 Å². The van der Waals surface area contributed by atoms with Crippen LogP contribution in [-0.4, -0.2) is 13.7 Å². The molecule has 0 aromatic heterocycles. The van der Waals surface area contributed by atoms with Gasteiger partial charge in [-0.05, 0) is 41.8 Å². The molecule has 0 unspecified atom stereocenters. The number of methoxy groups -OCH3 is 1. The van der Waals surface area contributed by atoms with E-state index in [0.29, 0.717) is 6.54 Å². The van der Waals surface area contributed by atoms with Gasteiger partial charge in [-0.15, -0.1) is 12.4 Å². The van der Waals surface area contributed by atoms with Gasteiger partial charge in [0.15, 0.2) is 0 Å². The van der Waals surface area contributed by atoms with Crippen molar-refractivity contribution in [1.82, 2.24) is 0 Å². The second-order valence-electron chi connectivity index (χ2n) is 3.93. The molecule has 2 nitrogen and oxygen atoms in total. The number of halogens is 1. The lowest BCUT2D eigenvalue weighted by Gasteiger charge is -2.11. The van der Waals surface area contributed by atoms with Gasteiger partial charge >= 0.3 is 0 Å². The van der Waals surface area contributed by atoms with Gasteiger partial charge in [-0.25, -0.2) is 0 Å². The molecule has 0 radical (unpaired) electrons. The smallest absolute Gasteiger partial charge is 0.119 e. The average Bonchev–Trinajstić information content (AvgIpc) is 2.40. The molecule has 0 bridgehead atoms. The van der Waals surface area contributed by atoms with Crippen LogP contribution in [0.2, 0.25) is 0 Å². The van der Waals surface area contributed by atoms with Crippen molar-refractivity contribution < 1.29 is 4.74 Å². The fourth-order valence-electron chi connectivity index (χ4n) is 1.94. The summed E-state index contributed by atoms with van der Waals surface area (Å²) in [4.78, 5) is 0. The van der Waals surface area contributed by atoms with E-state index in [2.05, 4.69) is 24.3 Å². The fourth-order valence-corrected chi connectivity index (χ4v) is 1.94. The normalized spacial score (nSPS) is 9.67. The molecule has 0 saturated carbocycles. The molecule has 0 atom stereocenters. The van der Waals surface area contributed by atoms with E-state index in [-0.39, 0.29) is 12.4 Å². The van der Waals surface area contributed by atoms with Crippen LogP contribution in [0.25, 0.3) is 11.1 Å². The summed E-state index contributed by atoms with van der Waals surface area (Å²) in [5.74, 6) is 0.879. The van der Waals surface area contributed by atoms with Crippen LogP contribution in [0.15, 0.2) is 48.5 Å². The van der Waals surface area contributed by atoms with Crippen molar-refractivity contribution in [3.63, 3.8) is 0 Å². The molecule has 2 N–H and O–H groups in total. The van der Waals surface area contributed by atoms with Crippen LogP contribution in [0.1, 0.15) is 5.56 Å². The summed E-state index contributed by atoms with van der Waals surface area (Å²) >= 11 is 0. The third-order valence-corrected chi connectivity index (χ3v) is 2.82. The molecule has 0 spiro atoms. The summed E-state index contributed by atoms with van der Waals surface area (Å²) in [7, 11) is 1.69. The number of nitrogens with two attached hydrogens (primary N) is 1. The fraction of sp³-hybridized carbons (Fsp3) is 0.200. The van der Waals surface area contributed by atoms with Crippen molar-refractivity contribution in [3.8, 4) is 16.9 Å². The van der Waals surface area contributed by atoms with E-state index < -0.39 is 0 Å². The molecule has 2 rings (SSSR count). The minimum absolute atomic E-state index is 0. The Bertz CT molecular complexity index is 485. The van der Waals surface area contributed by atoms with Crippen molar-refractivity contribution in [1.29, 1.82) is 0 Å². The Balaban J connectivity index is 0.00000162. The van der Waals surface area contributed by atoms with Gasteiger partial charge in [0.25, 0.3) is 0 Å². The van der Waals surface area contributed by atoms with Crippen molar-refractivity contribution in [2.75, 3.05) is 13.7 Å². The predicted octanol–water partition coefficient (Wildman–Crippen LogP) is 3.29. The first kappa shape index (κ1) is 14.6. The average molecular weight is 264 g/mol. The monoisotopic (exact) mass is 263 g/mol. The molecule has 3 heteroatoms. The first-order valence-corrected chi connectivity index (χ1v) is 5.77. The van der Waals surface area contributed by atoms with Gasteiger partial charge < -0.3 is 10.5 Å². The zero-order valence-electron chi connectivity index (χ0n) is 10.4. The Hall–Kier alpha value is -1.51. The van der Waals surface area contributed by atoms with Crippen LogP contribution in [-0.2, 0) is 6.42 Å². The van der Waals surface area contributed by atoms with E-state index in [4.69, 9.17) is 10.5 Å². The van der Waals surface area contributed by atoms with E-state index in [1.165, 1.54) is 16.7 Å². The van der Waals surface area contributed by atoms with E-state index in [9.17, 15) is 0 Å². The van der Waals surface area contributed by atoms with Gasteiger partial charge in [-0.1, -0.05) is 36.4 Å². The highest BCUT2D eigenvalue weighted by Crippen LogP contribution is 2.28. The zero-order chi connectivity index (χ0) is 12.1. The van der Waals surface area contributed by atoms with Crippen molar-refractivity contribution in [2.24, 2.45) is 5.73 Å². The molecule has 0 aliphatic rings. The van der Waals surface area contributed by atoms with Gasteiger partial charge in [-0.3, -0.25) is 0 Å². The number of ether oxygens (including phenoxy) is 1. The van der Waals surface area contributed by atoms with Crippen LogP contribution in [0, 0.1) is 0 Å². The summed E-state index contributed by atoms with van der Waals surface area (Å²) in [6, 6.07) is 16.5. The predicted molar refractivity (Wildman–Crippen MR) is 78.4 cm³/mol. The van der Waals surface area contributed by atoms with Crippen LogP contribution < -0.4 is 10.5 Å². The molecule has 0 fully saturated rings. The first-order valence-electron chi connectivity index (χ1n) is 5.77. The third-order valence-electron chi connectivity index (χ3n) is 2.82. The van der Waals surface area contributed by atoms with Crippen LogP contribution >= 0.6 is 12.4 Å². The van der Waals surface area contributed by atoms with Crippen LogP contribution in [0.4, 0.5) is 0 Å². The Morgan fingerprint density at radius 3 is 2.39 bits per heavy atom. The Morgan fingerprint density at radius 1 is 1.06 bits per heavy atom. The SMILES string of the molecule is COc1ccc(CCN)c(-c2ccccc2)c1.Cl. The molecular formula is C15H18ClNO. The first-order chi connectivity index (χ1) is 8.35. The molecule has 0 saturated heterocycles. The molecule has 0 aliphatic heterocycles. The van der Waals surface area contributed by atoms with Gasteiger partial charge in [0.1, 0.15) is 5.75 Å². The topological polar surface area (TPSA) is 35.2 Å². The minimum Gasteiger partial charge on any atom is -0.497 e. The lowest BCUT2D eigenvalue weighted by atomic mass is 9.97. The minimum atomic E-state index is 0. The zero-order valence-corrected chi connectivity index (χ0v) is 11.2. The van der Waals surface area contributed by atoms with Crippen molar-refractivity contribution in [2.45, 2.75) is 6.42 Å². The molecule has 0 aliphatic carbocycles. The molecule has 2 aromatic carbocycles. The molecule has 96 valence electrons. The largest absolute Gasteiger partial charge is 0.497 e. The Kier molecular flexibility index (Phi) is 5.69. The highest BCUT2D eigenvalue weighted by Gasteiger charge is 2.05. The number of benzene rings is 2. The lowest BCUT2D eigenvalue weighted by Crippen LogP contribution is -2.04. The quantitative estimate of drug-likeness (QED) is 0.919. The lowest BCUT2D eigenvalue weighted by molar-refractivity contribution is 0.415. The van der Waals surface area contributed by atoms with Crippen molar-refractivity contribution in [3.05, 3.63) is 54.1 Å². The van der Waals surface area contributed by atoms with Gasteiger partial charge in [0.05, 0.1) is 7.11 Å². The maximum Gasteiger partial charge on any atom is 0.119 e. The molecule has 18 heavy (non-hydrogen) atoms. The summed E-state index contributed by atoms with van der Waals surface area (Å²) in [5, 5.41) is 0. The molecule has 0 heterocycles. The summed E-state index contributed by atoms with van der Waals surface area (Å²) < 4.78 is 5.28. The maximum absolute atomic E-state index is 5.65. The summed E-state index contributed by atoms with van der Waals surface area (Å²) in [6.45, 7) is 0.659. The second-order valence-corrected chi connectivity index (χ2v) is 3.93. The van der Waals surface area contributed by atoms with Crippen molar-refractivity contribution >= 4 is 12.4 Å². The number of hydrogen-bond acceptors (Lipinski definition) is 2. The van der Waals surface area contributed by atoms with Gasteiger partial charge in [0.2, 0.25) is 0 Å². The highest BCUT2D eigenvalue weighted by molar-refractivity contribution is 5.85. The second kappa shape index (κ2) is 7.04. The Labute approximate surface area is 114 Å². The van der Waals surface area contributed by atoms with Gasteiger partial charge in [-0.2, -0.15) is 0 Å². The molecular weight excluding hydrogens is 246 g/mol. The number of rotatable bonds is 4. The Morgan fingerprint density at radius 2 is 1.78 bits per heavy atom. The van der Waals surface area contributed by atoms with E-state index in [0.717, 1.165) is 12.2 Å². The molecule has 2 aromatic rings. The summed E-state index contributed by atoms with van der Waals surface area (Å²) in [5.41, 5.74) is 9.32. The van der Waals surface area contributed by atoms with Crippen LogP contribution in [0.3, 0.4) is 0 Å². The number of hydrogen-bond donors (Lipinski definition) is 1. The van der Waals surface area contributed by atoms with E-state index in [1.807, 2.05) is 24.3 Å². The maximum atomic E-state index is 5.65. The van der Waals surface area contributed by atoms with Crippen LogP contribution in [0.5, 0.6) is 5.75 Å². The molecule has 0 amide bonds. The van der Waals surface area contributed by atoms with E-state index in [1.54, 1.807) is 7.11 Å². The standard InChI is InChI=1S/C15H17NO.ClH/c1-17-14-8-7-13(9-10-16)15(11-14)12-5-3-2-4-6-12;/h2-8,11H,9-10,16H2,1H3;1H. The third kappa shape index (κ3) is 3.25.